The summed E-state index contributed by atoms with van der Waals surface area (Å²) < 4.78 is 4.98. The second-order valence-corrected chi connectivity index (χ2v) is 4.47. The molecule has 0 aromatic carbocycles. The number of nitrogens with zero attached hydrogens (tertiary/aromatic N) is 1. The van der Waals surface area contributed by atoms with Gasteiger partial charge in [0.25, 0.3) is 11.8 Å². The van der Waals surface area contributed by atoms with Gasteiger partial charge in [0.1, 0.15) is 6.54 Å². The van der Waals surface area contributed by atoms with E-state index in [1.807, 2.05) is 0 Å². The van der Waals surface area contributed by atoms with E-state index in [4.69, 9.17) is 4.74 Å². The second-order valence-electron chi connectivity index (χ2n) is 4.47. The molecule has 18 heavy (non-hydrogen) atoms. The molecule has 1 heterocycles. The van der Waals surface area contributed by atoms with Gasteiger partial charge >= 0.3 is 5.97 Å². The van der Waals surface area contributed by atoms with Crippen LogP contribution in [0.5, 0.6) is 0 Å². The zero-order valence-electron chi connectivity index (χ0n) is 10.8. The van der Waals surface area contributed by atoms with Crippen LogP contribution in [0.4, 0.5) is 0 Å². The Morgan fingerprint density at radius 1 is 1.33 bits per heavy atom. The number of carbonyl (C=O) groups excluding carboxylic acids is 3. The lowest BCUT2D eigenvalue weighted by Crippen LogP contribution is -2.35. The monoisotopic (exact) mass is 253 g/mol. The average Bonchev–Trinajstić information content (AvgIpc) is 2.66. The van der Waals surface area contributed by atoms with Crippen LogP contribution in [0.1, 0.15) is 33.1 Å². The van der Waals surface area contributed by atoms with Crippen LogP contribution in [-0.2, 0) is 19.1 Å². The molecule has 1 aliphatic heterocycles. The molecule has 1 rings (SSSR count). The zero-order valence-corrected chi connectivity index (χ0v) is 10.8. The van der Waals surface area contributed by atoms with Crippen LogP contribution in [0.25, 0.3) is 0 Å². The van der Waals surface area contributed by atoms with E-state index in [0.29, 0.717) is 12.5 Å². The number of imide groups is 1. The summed E-state index contributed by atoms with van der Waals surface area (Å²) >= 11 is 0. The third-order valence-electron chi connectivity index (χ3n) is 2.99. The van der Waals surface area contributed by atoms with Crippen molar-refractivity contribution in [1.29, 1.82) is 0 Å². The van der Waals surface area contributed by atoms with Crippen LogP contribution < -0.4 is 0 Å². The summed E-state index contributed by atoms with van der Waals surface area (Å²) in [6.07, 6.45) is 5.22. The number of amides is 2. The first-order valence-electron chi connectivity index (χ1n) is 6.23. The minimum Gasteiger partial charge on any atom is -0.464 e. The quantitative estimate of drug-likeness (QED) is 0.389. The fourth-order valence-corrected chi connectivity index (χ4v) is 1.58. The predicted molar refractivity (Wildman–Crippen MR) is 65.5 cm³/mol. The first-order valence-corrected chi connectivity index (χ1v) is 6.23. The summed E-state index contributed by atoms with van der Waals surface area (Å²) in [7, 11) is 0. The second kappa shape index (κ2) is 6.93. The number of hydrogen-bond acceptors (Lipinski definition) is 4. The molecule has 1 aliphatic rings. The number of rotatable bonds is 7. The SMILES string of the molecule is CCC(C)CCCOC(=O)CN1C(=O)C=CC1=O. The maximum Gasteiger partial charge on any atom is 0.326 e. The van der Waals surface area contributed by atoms with Crippen LogP contribution >= 0.6 is 0 Å². The molecule has 0 fully saturated rings. The highest BCUT2D eigenvalue weighted by atomic mass is 16.5. The molecule has 0 spiro atoms. The van der Waals surface area contributed by atoms with Gasteiger partial charge in [0.2, 0.25) is 0 Å². The van der Waals surface area contributed by atoms with E-state index in [2.05, 4.69) is 13.8 Å². The zero-order chi connectivity index (χ0) is 13.5. The summed E-state index contributed by atoms with van der Waals surface area (Å²) in [5, 5.41) is 0. The summed E-state index contributed by atoms with van der Waals surface area (Å²) in [4.78, 5) is 34.7. The van der Waals surface area contributed by atoms with Crippen LogP contribution in [-0.4, -0.2) is 35.8 Å². The van der Waals surface area contributed by atoms with E-state index in [1.165, 1.54) is 0 Å². The van der Waals surface area contributed by atoms with Crippen molar-refractivity contribution in [3.05, 3.63) is 12.2 Å². The molecular weight excluding hydrogens is 234 g/mol. The van der Waals surface area contributed by atoms with E-state index in [1.54, 1.807) is 0 Å². The molecule has 0 radical (unpaired) electrons. The molecule has 0 aliphatic carbocycles. The molecule has 0 aromatic heterocycles. The third-order valence-corrected chi connectivity index (χ3v) is 2.99. The Morgan fingerprint density at radius 3 is 2.50 bits per heavy atom. The van der Waals surface area contributed by atoms with Crippen molar-refractivity contribution >= 4 is 17.8 Å². The van der Waals surface area contributed by atoms with E-state index < -0.39 is 17.8 Å². The van der Waals surface area contributed by atoms with Crippen molar-refractivity contribution in [2.75, 3.05) is 13.2 Å². The van der Waals surface area contributed by atoms with E-state index in [9.17, 15) is 14.4 Å². The normalized spacial score (nSPS) is 16.2. The molecule has 5 nitrogen and oxygen atoms in total. The molecule has 5 heteroatoms. The third kappa shape index (κ3) is 4.31. The molecule has 0 N–H and O–H groups in total. The van der Waals surface area contributed by atoms with E-state index >= 15 is 0 Å². The molecule has 1 unspecified atom stereocenters. The summed E-state index contributed by atoms with van der Waals surface area (Å²) in [5.41, 5.74) is 0. The van der Waals surface area contributed by atoms with E-state index in [-0.39, 0.29) is 6.54 Å². The Morgan fingerprint density at radius 2 is 1.94 bits per heavy atom. The Balaban J connectivity index is 2.18. The van der Waals surface area contributed by atoms with Gasteiger partial charge in [-0.3, -0.25) is 19.3 Å². The summed E-state index contributed by atoms with van der Waals surface area (Å²) in [6, 6.07) is 0. The van der Waals surface area contributed by atoms with Gasteiger partial charge in [-0.1, -0.05) is 20.3 Å². The lowest BCUT2D eigenvalue weighted by Gasteiger charge is -2.13. The van der Waals surface area contributed by atoms with Crippen molar-refractivity contribution in [2.24, 2.45) is 5.92 Å². The Bertz CT molecular complexity index is 344. The minimum atomic E-state index is -0.537. The highest BCUT2D eigenvalue weighted by Gasteiger charge is 2.26. The minimum absolute atomic E-state index is 0.298. The average molecular weight is 253 g/mol. The number of carbonyl (C=O) groups is 3. The molecule has 0 bridgehead atoms. The molecule has 0 saturated heterocycles. The molecule has 1 atom stereocenters. The van der Waals surface area contributed by atoms with Crippen LogP contribution in [0.2, 0.25) is 0 Å². The van der Waals surface area contributed by atoms with Gasteiger partial charge in [0.05, 0.1) is 6.61 Å². The lowest BCUT2D eigenvalue weighted by molar-refractivity contribution is -0.151. The molecular formula is C13H19NO4. The maximum atomic E-state index is 11.4. The van der Waals surface area contributed by atoms with Gasteiger partial charge < -0.3 is 4.74 Å². The van der Waals surface area contributed by atoms with Gasteiger partial charge in [-0.15, -0.1) is 0 Å². The molecule has 0 aromatic rings. The van der Waals surface area contributed by atoms with Crippen molar-refractivity contribution in [1.82, 2.24) is 4.90 Å². The Kier molecular flexibility index (Phi) is 5.55. The fraction of sp³-hybridized carbons (Fsp3) is 0.615. The van der Waals surface area contributed by atoms with Crippen molar-refractivity contribution in [3.8, 4) is 0 Å². The Labute approximate surface area is 107 Å². The Hall–Kier alpha value is -1.65. The highest BCUT2D eigenvalue weighted by molar-refractivity contribution is 6.14. The number of hydrogen-bond donors (Lipinski definition) is 0. The number of esters is 1. The first kappa shape index (κ1) is 14.4. The van der Waals surface area contributed by atoms with Gasteiger partial charge in [0.15, 0.2) is 0 Å². The van der Waals surface area contributed by atoms with Gasteiger partial charge in [-0.05, 0) is 18.8 Å². The largest absolute Gasteiger partial charge is 0.464 e. The first-order chi connectivity index (χ1) is 8.54. The lowest BCUT2D eigenvalue weighted by atomic mass is 10.0. The van der Waals surface area contributed by atoms with Crippen molar-refractivity contribution in [2.45, 2.75) is 33.1 Å². The predicted octanol–water partition coefficient (Wildman–Crippen LogP) is 1.28. The summed E-state index contributed by atoms with van der Waals surface area (Å²) in [5.74, 6) is -0.840. The van der Waals surface area contributed by atoms with E-state index in [0.717, 1.165) is 36.3 Å². The highest BCUT2D eigenvalue weighted by Crippen LogP contribution is 2.09. The number of ether oxygens (including phenoxy) is 1. The van der Waals surface area contributed by atoms with Gasteiger partial charge in [-0.2, -0.15) is 0 Å². The van der Waals surface area contributed by atoms with Crippen LogP contribution in [0.15, 0.2) is 12.2 Å². The van der Waals surface area contributed by atoms with Gasteiger partial charge in [0, 0.05) is 12.2 Å². The summed E-state index contributed by atoms with van der Waals surface area (Å²) in [6.45, 7) is 4.31. The van der Waals surface area contributed by atoms with Crippen LogP contribution in [0, 0.1) is 5.92 Å². The topological polar surface area (TPSA) is 63.7 Å². The smallest absolute Gasteiger partial charge is 0.326 e. The van der Waals surface area contributed by atoms with Gasteiger partial charge in [-0.25, -0.2) is 0 Å². The molecule has 0 saturated carbocycles. The molecule has 2 amide bonds. The standard InChI is InChI=1S/C13H19NO4/c1-3-10(2)5-4-8-18-13(17)9-14-11(15)6-7-12(14)16/h6-7,10H,3-5,8-9H2,1-2H3. The molecule has 100 valence electrons. The maximum absolute atomic E-state index is 11.4. The van der Waals surface area contributed by atoms with Crippen LogP contribution in [0.3, 0.4) is 0 Å². The van der Waals surface area contributed by atoms with Crippen molar-refractivity contribution in [3.63, 3.8) is 0 Å². The fourth-order valence-electron chi connectivity index (χ4n) is 1.58. The van der Waals surface area contributed by atoms with Crippen molar-refractivity contribution < 1.29 is 19.1 Å².